The Morgan fingerprint density at radius 2 is 1.88 bits per heavy atom. The van der Waals surface area contributed by atoms with Crippen molar-refractivity contribution in [2.75, 3.05) is 13.2 Å². The maximum absolute atomic E-state index is 13.1. The van der Waals surface area contributed by atoms with Crippen molar-refractivity contribution in [1.82, 2.24) is 4.98 Å². The van der Waals surface area contributed by atoms with E-state index in [0.717, 1.165) is 45.0 Å². The van der Waals surface area contributed by atoms with E-state index in [0.29, 0.717) is 13.2 Å². The Morgan fingerprint density at radius 3 is 2.73 bits per heavy atom. The van der Waals surface area contributed by atoms with Crippen LogP contribution in [0, 0.1) is 6.92 Å². The molecule has 0 unspecified atom stereocenters. The lowest BCUT2D eigenvalue weighted by atomic mass is 10.1. The van der Waals surface area contributed by atoms with Crippen LogP contribution in [0.5, 0.6) is 11.5 Å². The third-order valence-corrected chi connectivity index (χ3v) is 5.63. The Bertz CT molecular complexity index is 963. The van der Waals surface area contributed by atoms with Crippen LogP contribution in [-0.2, 0) is 0 Å². The SMILES string of the molecule is Cc1[nH]c2ccccc2c1C(=O)[C@H](C)Sc1ccc2c(c1)OCCCO2. The molecule has 0 saturated carbocycles. The predicted octanol–water partition coefficient (Wildman–Crippen LogP) is 5.00. The lowest BCUT2D eigenvalue weighted by molar-refractivity contribution is 0.0995. The van der Waals surface area contributed by atoms with Gasteiger partial charge < -0.3 is 14.5 Å². The second-order valence-corrected chi connectivity index (χ2v) is 7.87. The molecule has 1 atom stereocenters. The number of ether oxygens (including phenoxy) is 2. The molecule has 0 radical (unpaired) electrons. The maximum Gasteiger partial charge on any atom is 0.178 e. The lowest BCUT2D eigenvalue weighted by Crippen LogP contribution is -2.14. The van der Waals surface area contributed by atoms with Gasteiger partial charge in [0.25, 0.3) is 0 Å². The van der Waals surface area contributed by atoms with Gasteiger partial charge in [-0.25, -0.2) is 0 Å². The van der Waals surface area contributed by atoms with Crippen molar-refractivity contribution in [1.29, 1.82) is 0 Å². The molecule has 1 N–H and O–H groups in total. The van der Waals surface area contributed by atoms with Crippen LogP contribution in [0.1, 0.15) is 29.4 Å². The topological polar surface area (TPSA) is 51.3 Å². The van der Waals surface area contributed by atoms with Crippen LogP contribution in [0.15, 0.2) is 47.4 Å². The number of para-hydroxylation sites is 1. The number of thioether (sulfide) groups is 1. The highest BCUT2D eigenvalue weighted by Crippen LogP contribution is 2.36. The normalized spacial score (nSPS) is 14.8. The number of hydrogen-bond donors (Lipinski definition) is 1. The zero-order chi connectivity index (χ0) is 18.1. The van der Waals surface area contributed by atoms with Crippen molar-refractivity contribution < 1.29 is 14.3 Å². The molecule has 1 aromatic heterocycles. The van der Waals surface area contributed by atoms with Gasteiger partial charge in [-0.1, -0.05) is 18.2 Å². The molecule has 1 aliphatic rings. The summed E-state index contributed by atoms with van der Waals surface area (Å²) in [6.07, 6.45) is 0.881. The third kappa shape index (κ3) is 3.19. The van der Waals surface area contributed by atoms with E-state index in [1.54, 1.807) is 11.8 Å². The predicted molar refractivity (Wildman–Crippen MR) is 105 cm³/mol. The van der Waals surface area contributed by atoms with Gasteiger partial charge in [0.1, 0.15) is 0 Å². The Kier molecular flexibility index (Phi) is 4.64. The number of benzene rings is 2. The van der Waals surface area contributed by atoms with Crippen molar-refractivity contribution in [3.63, 3.8) is 0 Å². The molecular formula is C21H21NO3S. The number of H-pyrrole nitrogens is 1. The highest BCUT2D eigenvalue weighted by Gasteiger charge is 2.23. The zero-order valence-electron chi connectivity index (χ0n) is 14.9. The van der Waals surface area contributed by atoms with Gasteiger partial charge in [-0.15, -0.1) is 11.8 Å². The molecule has 0 spiro atoms. The highest BCUT2D eigenvalue weighted by molar-refractivity contribution is 8.00. The van der Waals surface area contributed by atoms with Crippen molar-refractivity contribution in [2.24, 2.45) is 0 Å². The van der Waals surface area contributed by atoms with Crippen molar-refractivity contribution >= 4 is 28.4 Å². The summed E-state index contributed by atoms with van der Waals surface area (Å²) in [5, 5.41) is 0.791. The van der Waals surface area contributed by atoms with Gasteiger partial charge in [0.15, 0.2) is 17.3 Å². The monoisotopic (exact) mass is 367 g/mol. The molecule has 1 aliphatic heterocycles. The second kappa shape index (κ2) is 7.08. The number of fused-ring (bicyclic) bond motifs is 2. The number of carbonyl (C=O) groups is 1. The zero-order valence-corrected chi connectivity index (χ0v) is 15.7. The summed E-state index contributed by atoms with van der Waals surface area (Å²) in [4.78, 5) is 17.4. The number of rotatable bonds is 4. The van der Waals surface area contributed by atoms with Gasteiger partial charge in [-0.2, -0.15) is 0 Å². The van der Waals surface area contributed by atoms with Crippen LogP contribution >= 0.6 is 11.8 Å². The minimum atomic E-state index is -0.197. The van der Waals surface area contributed by atoms with E-state index in [9.17, 15) is 4.79 Å². The van der Waals surface area contributed by atoms with Crippen molar-refractivity contribution in [3.05, 3.63) is 53.7 Å². The molecule has 4 nitrogen and oxygen atoms in total. The van der Waals surface area contributed by atoms with Gasteiger partial charge in [-0.3, -0.25) is 4.79 Å². The number of ketones is 1. The number of nitrogens with one attached hydrogen (secondary N) is 1. The first-order valence-corrected chi connectivity index (χ1v) is 9.69. The van der Waals surface area contributed by atoms with Gasteiger partial charge in [0.2, 0.25) is 0 Å². The average molecular weight is 367 g/mol. The number of aromatic nitrogens is 1. The number of Topliss-reactive ketones (excluding diaryl/α,β-unsaturated/α-hetero) is 1. The molecule has 0 bridgehead atoms. The lowest BCUT2D eigenvalue weighted by Gasteiger charge is -2.13. The third-order valence-electron chi connectivity index (χ3n) is 4.54. The summed E-state index contributed by atoms with van der Waals surface area (Å²) < 4.78 is 11.4. The summed E-state index contributed by atoms with van der Waals surface area (Å²) in [6, 6.07) is 13.8. The number of aryl methyl sites for hydroxylation is 1. The first kappa shape index (κ1) is 17.0. The van der Waals surface area contributed by atoms with E-state index in [1.165, 1.54) is 0 Å². The Hall–Kier alpha value is -2.40. The summed E-state index contributed by atoms with van der Waals surface area (Å²) in [6.45, 7) is 5.24. The molecule has 0 aliphatic carbocycles. The van der Waals surface area contributed by atoms with Crippen LogP contribution in [0.25, 0.3) is 10.9 Å². The molecule has 0 saturated heterocycles. The Morgan fingerprint density at radius 1 is 1.12 bits per heavy atom. The Balaban J connectivity index is 1.58. The number of carbonyl (C=O) groups excluding carboxylic acids is 1. The van der Waals surface area contributed by atoms with Crippen LogP contribution in [0.2, 0.25) is 0 Å². The van der Waals surface area contributed by atoms with Crippen LogP contribution in [0.3, 0.4) is 0 Å². The molecule has 2 aromatic carbocycles. The molecule has 2 heterocycles. The molecule has 0 amide bonds. The Labute approximate surface area is 156 Å². The molecule has 26 heavy (non-hydrogen) atoms. The molecule has 3 aromatic rings. The summed E-state index contributed by atoms with van der Waals surface area (Å²) >= 11 is 1.55. The fourth-order valence-electron chi connectivity index (χ4n) is 3.27. The van der Waals surface area contributed by atoms with Gasteiger partial charge in [-0.05, 0) is 38.1 Å². The van der Waals surface area contributed by atoms with Gasteiger partial charge >= 0.3 is 0 Å². The highest BCUT2D eigenvalue weighted by atomic mass is 32.2. The van der Waals surface area contributed by atoms with Crippen LogP contribution < -0.4 is 9.47 Å². The van der Waals surface area contributed by atoms with E-state index >= 15 is 0 Å². The van der Waals surface area contributed by atoms with E-state index in [2.05, 4.69) is 4.98 Å². The van der Waals surface area contributed by atoms with E-state index < -0.39 is 0 Å². The second-order valence-electron chi connectivity index (χ2n) is 6.45. The summed E-state index contributed by atoms with van der Waals surface area (Å²) in [7, 11) is 0. The van der Waals surface area contributed by atoms with Crippen molar-refractivity contribution in [2.45, 2.75) is 30.4 Å². The van der Waals surface area contributed by atoms with Crippen molar-refractivity contribution in [3.8, 4) is 11.5 Å². The van der Waals surface area contributed by atoms with Crippen LogP contribution in [-0.4, -0.2) is 29.2 Å². The fraction of sp³-hybridized carbons (Fsp3) is 0.286. The van der Waals surface area contributed by atoms with Gasteiger partial charge in [0, 0.05) is 33.5 Å². The van der Waals surface area contributed by atoms with Gasteiger partial charge in [0.05, 0.1) is 18.5 Å². The molecule has 5 heteroatoms. The smallest absolute Gasteiger partial charge is 0.178 e. The maximum atomic E-state index is 13.1. The minimum Gasteiger partial charge on any atom is -0.490 e. The molecule has 4 rings (SSSR count). The number of aromatic amines is 1. The molecule has 134 valence electrons. The largest absolute Gasteiger partial charge is 0.490 e. The first-order valence-electron chi connectivity index (χ1n) is 8.81. The van der Waals surface area contributed by atoms with Crippen LogP contribution in [0.4, 0.5) is 0 Å². The minimum absolute atomic E-state index is 0.136. The number of hydrogen-bond acceptors (Lipinski definition) is 4. The van der Waals surface area contributed by atoms with E-state index in [4.69, 9.17) is 9.47 Å². The van der Waals surface area contributed by atoms with E-state index in [1.807, 2.05) is 56.3 Å². The fourth-order valence-corrected chi connectivity index (χ4v) is 4.23. The summed E-state index contributed by atoms with van der Waals surface area (Å²) in [5.74, 6) is 1.67. The molecule has 0 fully saturated rings. The van der Waals surface area contributed by atoms with E-state index in [-0.39, 0.29) is 11.0 Å². The summed E-state index contributed by atoms with van der Waals surface area (Å²) in [5.41, 5.74) is 2.71. The molecular weight excluding hydrogens is 346 g/mol. The quantitative estimate of drug-likeness (QED) is 0.521. The first-order chi connectivity index (χ1) is 12.6. The average Bonchev–Trinajstić information content (AvgIpc) is 2.81. The standard InChI is InChI=1S/C21H21NO3S/c1-13-20(16-6-3-4-7-17(16)22-13)21(23)14(2)26-15-8-9-18-19(12-15)25-11-5-10-24-18/h3-4,6-9,12,14,22H,5,10-11H2,1-2H3/t14-/m0/s1.